The number of rotatable bonds is 6. The topological polar surface area (TPSA) is 86.7 Å². The number of aromatic nitrogens is 1. The normalized spacial score (nSPS) is 15.6. The minimum absolute atomic E-state index is 0.0183. The summed E-state index contributed by atoms with van der Waals surface area (Å²) < 4.78 is 23.6. The van der Waals surface area contributed by atoms with E-state index in [2.05, 4.69) is 44.0 Å². The quantitative estimate of drug-likeness (QED) is 0.133. The summed E-state index contributed by atoms with van der Waals surface area (Å²) in [6.07, 6.45) is 3.42. The maximum atomic E-state index is 14.0. The standard InChI is InChI=1S/C34H22Br2FN3O4S/c35-27-15-20(16-28(36)32(27)44-18-19-5-12-24(13-6-19)40(42)43)17-29-33(41)39-31(22-7-10-23(37)11-8-22)26-14-9-21-3-1-2-4-25(21)30(26)38-34(39)45-29/h1-8,10-13,15-17,31H,9,14,18H2/b29-17+. The lowest BCUT2D eigenvalue weighted by Gasteiger charge is -2.30. The highest BCUT2D eigenvalue weighted by Crippen LogP contribution is 2.41. The third-order valence-corrected chi connectivity index (χ3v) is 10.1. The number of nitrogens with zero attached hydrogens (tertiary/aromatic N) is 3. The van der Waals surface area contributed by atoms with Crippen LogP contribution in [0.5, 0.6) is 5.75 Å². The molecule has 1 aliphatic heterocycles. The lowest BCUT2D eigenvalue weighted by atomic mass is 9.83. The average molecular weight is 747 g/mol. The van der Waals surface area contributed by atoms with Crippen molar-refractivity contribution >= 4 is 60.7 Å². The number of thiazole rings is 1. The van der Waals surface area contributed by atoms with Gasteiger partial charge in [-0.2, -0.15) is 0 Å². The van der Waals surface area contributed by atoms with Crippen molar-refractivity contribution in [1.29, 1.82) is 0 Å². The van der Waals surface area contributed by atoms with Gasteiger partial charge in [0.1, 0.15) is 18.2 Å². The lowest BCUT2D eigenvalue weighted by Crippen LogP contribution is -2.38. The molecule has 1 aliphatic carbocycles. The maximum Gasteiger partial charge on any atom is 0.271 e. The predicted octanol–water partition coefficient (Wildman–Crippen LogP) is 7.47. The molecule has 45 heavy (non-hydrogen) atoms. The van der Waals surface area contributed by atoms with Gasteiger partial charge in [-0.1, -0.05) is 47.7 Å². The molecule has 0 saturated heterocycles. The van der Waals surface area contributed by atoms with Gasteiger partial charge in [-0.15, -0.1) is 0 Å². The highest BCUT2D eigenvalue weighted by atomic mass is 79.9. The van der Waals surface area contributed by atoms with Crippen LogP contribution in [0.4, 0.5) is 10.1 Å². The second-order valence-electron chi connectivity index (χ2n) is 10.7. The zero-order chi connectivity index (χ0) is 31.2. The Hall–Kier alpha value is -4.19. The second kappa shape index (κ2) is 12.0. The highest BCUT2D eigenvalue weighted by Gasteiger charge is 2.32. The molecule has 0 fully saturated rings. The molecule has 2 aliphatic rings. The molecule has 1 unspecified atom stereocenters. The molecule has 224 valence electrons. The monoisotopic (exact) mass is 745 g/mol. The number of hydrogen-bond donors (Lipinski definition) is 0. The second-order valence-corrected chi connectivity index (χ2v) is 13.4. The molecule has 0 N–H and O–H groups in total. The van der Waals surface area contributed by atoms with Crippen LogP contribution in [0.1, 0.15) is 40.3 Å². The summed E-state index contributed by atoms with van der Waals surface area (Å²) in [6.45, 7) is 0.213. The maximum absolute atomic E-state index is 14.0. The number of halogens is 3. The summed E-state index contributed by atoms with van der Waals surface area (Å²) in [7, 11) is 0. The number of non-ortho nitro benzene ring substituents is 1. The molecular weight excluding hydrogens is 725 g/mol. The van der Waals surface area contributed by atoms with E-state index in [4.69, 9.17) is 9.73 Å². The van der Waals surface area contributed by atoms with E-state index in [1.165, 1.54) is 41.2 Å². The number of benzene rings is 4. The first-order chi connectivity index (χ1) is 21.8. The third-order valence-electron chi connectivity index (χ3n) is 7.91. The first kappa shape index (κ1) is 29.5. The van der Waals surface area contributed by atoms with Crippen molar-refractivity contribution in [3.63, 3.8) is 0 Å². The van der Waals surface area contributed by atoms with Gasteiger partial charge in [-0.05, 0) is 115 Å². The molecule has 1 aromatic heterocycles. The van der Waals surface area contributed by atoms with E-state index in [0.29, 0.717) is 24.0 Å². The molecular formula is C34H22Br2FN3O4S. The SMILES string of the molecule is O=c1/c(=C\c2cc(Br)c(OCc3ccc([N+](=O)[O-])cc3)c(Br)c2)sc2n1C(c1ccc(F)cc1)C1=C(N=2)c2ccccc2CC1. The van der Waals surface area contributed by atoms with Crippen molar-refractivity contribution in [2.24, 2.45) is 4.99 Å². The van der Waals surface area contributed by atoms with E-state index < -0.39 is 4.92 Å². The molecule has 0 saturated carbocycles. The van der Waals surface area contributed by atoms with Crippen molar-refractivity contribution in [2.45, 2.75) is 25.5 Å². The van der Waals surface area contributed by atoms with Crippen LogP contribution in [0, 0.1) is 15.9 Å². The van der Waals surface area contributed by atoms with Crippen LogP contribution in [-0.2, 0) is 13.0 Å². The summed E-state index contributed by atoms with van der Waals surface area (Å²) in [6, 6.07) is 24.1. The zero-order valence-corrected chi connectivity index (χ0v) is 27.4. The third kappa shape index (κ3) is 5.60. The van der Waals surface area contributed by atoms with Crippen LogP contribution in [0.25, 0.3) is 11.8 Å². The van der Waals surface area contributed by atoms with Crippen molar-refractivity contribution in [3.05, 3.63) is 163 Å². The molecule has 0 spiro atoms. The number of fused-ring (bicyclic) bond motifs is 3. The molecule has 0 amide bonds. The van der Waals surface area contributed by atoms with E-state index in [1.54, 1.807) is 28.8 Å². The Balaban J connectivity index is 1.27. The number of nitro benzene ring substituents is 1. The predicted molar refractivity (Wildman–Crippen MR) is 178 cm³/mol. The van der Waals surface area contributed by atoms with Gasteiger partial charge in [-0.25, -0.2) is 9.38 Å². The summed E-state index contributed by atoms with van der Waals surface area (Å²) in [5, 5.41) is 10.9. The zero-order valence-electron chi connectivity index (χ0n) is 23.4. The van der Waals surface area contributed by atoms with Crippen LogP contribution in [0.3, 0.4) is 0 Å². The summed E-state index contributed by atoms with van der Waals surface area (Å²) >= 11 is 8.51. The van der Waals surface area contributed by atoms with Crippen molar-refractivity contribution in [2.75, 3.05) is 0 Å². The Morgan fingerprint density at radius 2 is 1.73 bits per heavy atom. The fraction of sp³-hybridized carbons (Fsp3) is 0.118. The van der Waals surface area contributed by atoms with Crippen molar-refractivity contribution in [1.82, 2.24) is 4.57 Å². The molecule has 0 bridgehead atoms. The van der Waals surface area contributed by atoms with Crippen LogP contribution in [0.2, 0.25) is 0 Å². The van der Waals surface area contributed by atoms with Crippen molar-refractivity contribution in [3.8, 4) is 5.75 Å². The highest BCUT2D eigenvalue weighted by molar-refractivity contribution is 9.11. The Labute approximate surface area is 277 Å². The summed E-state index contributed by atoms with van der Waals surface area (Å²) in [4.78, 5) is 30.2. The van der Waals surface area contributed by atoms with Gasteiger partial charge in [-0.3, -0.25) is 19.5 Å². The summed E-state index contributed by atoms with van der Waals surface area (Å²) in [5.41, 5.74) is 6.49. The van der Waals surface area contributed by atoms with E-state index in [9.17, 15) is 19.3 Å². The van der Waals surface area contributed by atoms with Crippen LogP contribution in [0.15, 0.2) is 109 Å². The molecule has 1 atom stereocenters. The number of nitro groups is 1. The van der Waals surface area contributed by atoms with Crippen molar-refractivity contribution < 1.29 is 14.1 Å². The molecule has 7 rings (SSSR count). The van der Waals surface area contributed by atoms with Gasteiger partial charge >= 0.3 is 0 Å². The fourth-order valence-corrected chi connectivity index (χ4v) is 8.24. The first-order valence-corrected chi connectivity index (χ1v) is 16.4. The fourth-order valence-electron chi connectivity index (χ4n) is 5.79. The molecule has 5 aromatic rings. The van der Waals surface area contributed by atoms with Crippen LogP contribution in [-0.4, -0.2) is 9.49 Å². The van der Waals surface area contributed by atoms with Crippen LogP contribution < -0.4 is 19.6 Å². The van der Waals surface area contributed by atoms with Gasteiger partial charge in [0, 0.05) is 17.7 Å². The molecule has 7 nitrogen and oxygen atoms in total. The van der Waals surface area contributed by atoms with Gasteiger partial charge in [0.05, 0.1) is 30.1 Å². The Kier molecular flexibility index (Phi) is 7.84. The Morgan fingerprint density at radius 1 is 1.02 bits per heavy atom. The molecule has 11 heteroatoms. The largest absolute Gasteiger partial charge is 0.487 e. The lowest BCUT2D eigenvalue weighted by molar-refractivity contribution is -0.384. The number of hydrogen-bond acceptors (Lipinski definition) is 6. The van der Waals surface area contributed by atoms with E-state index in [1.807, 2.05) is 30.3 Å². The van der Waals surface area contributed by atoms with Gasteiger partial charge in [0.15, 0.2) is 4.80 Å². The number of allylic oxidation sites excluding steroid dienone is 1. The first-order valence-electron chi connectivity index (χ1n) is 14.0. The smallest absolute Gasteiger partial charge is 0.271 e. The summed E-state index contributed by atoms with van der Waals surface area (Å²) in [5.74, 6) is 0.236. The van der Waals surface area contributed by atoms with Gasteiger partial charge in [0.2, 0.25) is 0 Å². The van der Waals surface area contributed by atoms with Crippen LogP contribution >= 0.6 is 43.2 Å². The number of ether oxygens (including phenoxy) is 1. The minimum atomic E-state index is -0.441. The molecule has 0 radical (unpaired) electrons. The van der Waals surface area contributed by atoms with Gasteiger partial charge in [0.25, 0.3) is 11.2 Å². The average Bonchev–Trinajstić information content (AvgIpc) is 3.34. The van der Waals surface area contributed by atoms with E-state index >= 15 is 0 Å². The Morgan fingerprint density at radius 3 is 2.44 bits per heavy atom. The van der Waals surface area contributed by atoms with E-state index in [-0.39, 0.29) is 29.7 Å². The molecule has 4 aromatic carbocycles. The van der Waals surface area contributed by atoms with Gasteiger partial charge < -0.3 is 4.74 Å². The van der Waals surface area contributed by atoms with E-state index in [0.717, 1.165) is 46.4 Å². The molecule has 2 heterocycles. The minimum Gasteiger partial charge on any atom is -0.487 e. The number of aryl methyl sites for hydroxylation is 1. The Bertz CT molecular complexity index is 2190.